The summed E-state index contributed by atoms with van der Waals surface area (Å²) in [6, 6.07) is 9.24. The Bertz CT molecular complexity index is 862. The average molecular weight is 369 g/mol. The molecule has 0 bridgehead atoms. The molecule has 0 saturated carbocycles. The van der Waals surface area contributed by atoms with Crippen LogP contribution >= 0.6 is 11.3 Å². The van der Waals surface area contributed by atoms with E-state index in [1.54, 1.807) is 11.3 Å². The van der Waals surface area contributed by atoms with Crippen LogP contribution in [0.3, 0.4) is 0 Å². The second kappa shape index (κ2) is 7.55. The third-order valence-corrected chi connectivity index (χ3v) is 5.72. The standard InChI is InChI=1S/C19H24N6S/c1-14-22-23-19(26-14)16-4-3-5-18(10-16)25-8-6-17(7-9-25)20-11-15-12-21-24(2)13-15/h3-5,10,12-13,17,20H,6-9,11H2,1-2H3. The second-order valence-electron chi connectivity index (χ2n) is 6.84. The first kappa shape index (κ1) is 17.2. The third-order valence-electron chi connectivity index (χ3n) is 4.83. The summed E-state index contributed by atoms with van der Waals surface area (Å²) < 4.78 is 1.85. The maximum Gasteiger partial charge on any atom is 0.147 e. The van der Waals surface area contributed by atoms with E-state index in [0.717, 1.165) is 48.1 Å². The Labute approximate surface area is 157 Å². The molecule has 0 radical (unpaired) electrons. The van der Waals surface area contributed by atoms with Crippen molar-refractivity contribution in [3.05, 3.63) is 47.2 Å². The van der Waals surface area contributed by atoms with E-state index in [4.69, 9.17) is 0 Å². The minimum Gasteiger partial charge on any atom is -0.371 e. The lowest BCUT2D eigenvalue weighted by molar-refractivity contribution is 0.414. The highest BCUT2D eigenvalue weighted by Gasteiger charge is 2.19. The summed E-state index contributed by atoms with van der Waals surface area (Å²) in [7, 11) is 1.96. The van der Waals surface area contributed by atoms with Crippen LogP contribution in [0.25, 0.3) is 10.6 Å². The summed E-state index contributed by atoms with van der Waals surface area (Å²) in [5.41, 5.74) is 3.68. The largest absolute Gasteiger partial charge is 0.371 e. The molecule has 1 aliphatic heterocycles. The Morgan fingerprint density at radius 1 is 1.23 bits per heavy atom. The fraction of sp³-hybridized carbons (Fsp3) is 0.421. The van der Waals surface area contributed by atoms with E-state index in [-0.39, 0.29) is 0 Å². The summed E-state index contributed by atoms with van der Waals surface area (Å²) in [5, 5.41) is 18.3. The molecule has 6 nitrogen and oxygen atoms in total. The summed E-state index contributed by atoms with van der Waals surface area (Å²) in [5.74, 6) is 0. The molecule has 2 aromatic heterocycles. The van der Waals surface area contributed by atoms with Crippen molar-refractivity contribution >= 4 is 17.0 Å². The molecule has 0 aliphatic carbocycles. The fourth-order valence-electron chi connectivity index (χ4n) is 3.42. The van der Waals surface area contributed by atoms with Crippen LogP contribution in [-0.4, -0.2) is 39.1 Å². The Balaban J connectivity index is 1.34. The van der Waals surface area contributed by atoms with Gasteiger partial charge in [-0.1, -0.05) is 23.5 Å². The predicted octanol–water partition coefficient (Wildman–Crippen LogP) is 3.01. The van der Waals surface area contributed by atoms with Crippen molar-refractivity contribution in [1.82, 2.24) is 25.3 Å². The molecule has 0 unspecified atom stereocenters. The minimum atomic E-state index is 0.570. The van der Waals surface area contributed by atoms with Crippen molar-refractivity contribution in [3.63, 3.8) is 0 Å². The first-order chi connectivity index (χ1) is 12.7. The van der Waals surface area contributed by atoms with Crippen LogP contribution in [0.4, 0.5) is 5.69 Å². The highest BCUT2D eigenvalue weighted by molar-refractivity contribution is 7.14. The summed E-state index contributed by atoms with van der Waals surface area (Å²) >= 11 is 1.65. The van der Waals surface area contributed by atoms with E-state index < -0.39 is 0 Å². The van der Waals surface area contributed by atoms with Gasteiger partial charge in [0.15, 0.2) is 0 Å². The van der Waals surface area contributed by atoms with Crippen LogP contribution < -0.4 is 10.2 Å². The molecule has 1 fully saturated rings. The average Bonchev–Trinajstić information content (AvgIpc) is 3.29. The highest BCUT2D eigenvalue weighted by atomic mass is 32.1. The SMILES string of the molecule is Cc1nnc(-c2cccc(N3CCC(NCc4cnn(C)c4)CC3)c2)s1. The van der Waals surface area contributed by atoms with Crippen molar-refractivity contribution in [2.75, 3.05) is 18.0 Å². The molecule has 3 aromatic rings. The molecule has 1 saturated heterocycles. The van der Waals surface area contributed by atoms with Gasteiger partial charge in [0, 0.05) is 55.7 Å². The zero-order chi connectivity index (χ0) is 17.9. The molecule has 1 N–H and O–H groups in total. The van der Waals surface area contributed by atoms with E-state index in [0.29, 0.717) is 6.04 Å². The predicted molar refractivity (Wildman–Crippen MR) is 105 cm³/mol. The van der Waals surface area contributed by atoms with Gasteiger partial charge in [-0.2, -0.15) is 5.10 Å². The van der Waals surface area contributed by atoms with Gasteiger partial charge in [0.25, 0.3) is 0 Å². The molecule has 26 heavy (non-hydrogen) atoms. The monoisotopic (exact) mass is 368 g/mol. The number of hydrogen-bond donors (Lipinski definition) is 1. The van der Waals surface area contributed by atoms with Gasteiger partial charge in [0.2, 0.25) is 0 Å². The molecule has 136 valence electrons. The Morgan fingerprint density at radius 3 is 2.77 bits per heavy atom. The number of rotatable bonds is 5. The molecule has 0 atom stereocenters. The Hall–Kier alpha value is -2.25. The molecule has 7 heteroatoms. The molecule has 0 amide bonds. The van der Waals surface area contributed by atoms with Crippen LogP contribution in [0, 0.1) is 6.92 Å². The molecule has 4 rings (SSSR count). The lowest BCUT2D eigenvalue weighted by atomic mass is 10.0. The van der Waals surface area contributed by atoms with Gasteiger partial charge in [-0.25, -0.2) is 0 Å². The van der Waals surface area contributed by atoms with E-state index in [1.165, 1.54) is 11.3 Å². The number of nitrogens with one attached hydrogen (secondary N) is 1. The smallest absolute Gasteiger partial charge is 0.147 e. The zero-order valence-electron chi connectivity index (χ0n) is 15.2. The van der Waals surface area contributed by atoms with Gasteiger partial charge in [0.05, 0.1) is 6.20 Å². The van der Waals surface area contributed by atoms with Crippen LogP contribution in [0.1, 0.15) is 23.4 Å². The lowest BCUT2D eigenvalue weighted by Crippen LogP contribution is -2.42. The van der Waals surface area contributed by atoms with Crippen LogP contribution in [0.2, 0.25) is 0 Å². The summed E-state index contributed by atoms with van der Waals surface area (Å²) in [6.45, 7) is 5.03. The zero-order valence-corrected chi connectivity index (χ0v) is 16.0. The lowest BCUT2D eigenvalue weighted by Gasteiger charge is -2.34. The van der Waals surface area contributed by atoms with Gasteiger partial charge in [-0.05, 0) is 31.9 Å². The number of anilines is 1. The maximum absolute atomic E-state index is 4.27. The minimum absolute atomic E-state index is 0.570. The normalized spacial score (nSPS) is 15.5. The topological polar surface area (TPSA) is 58.9 Å². The molecule has 3 heterocycles. The molecule has 1 aromatic carbocycles. The number of aryl methyl sites for hydroxylation is 2. The maximum atomic E-state index is 4.27. The summed E-state index contributed by atoms with van der Waals surface area (Å²) in [6.07, 6.45) is 6.32. The van der Waals surface area contributed by atoms with Gasteiger partial charge < -0.3 is 10.2 Å². The van der Waals surface area contributed by atoms with Crippen LogP contribution in [0.15, 0.2) is 36.7 Å². The third kappa shape index (κ3) is 3.94. The van der Waals surface area contributed by atoms with Gasteiger partial charge in [0.1, 0.15) is 10.0 Å². The van der Waals surface area contributed by atoms with Gasteiger partial charge in [-0.15, -0.1) is 10.2 Å². The molecule has 1 aliphatic rings. The van der Waals surface area contributed by atoms with Crippen LogP contribution in [-0.2, 0) is 13.6 Å². The van der Waals surface area contributed by atoms with E-state index in [1.807, 2.05) is 24.9 Å². The number of nitrogens with zero attached hydrogens (tertiary/aromatic N) is 5. The van der Waals surface area contributed by atoms with Crippen molar-refractivity contribution in [1.29, 1.82) is 0 Å². The van der Waals surface area contributed by atoms with Crippen molar-refractivity contribution < 1.29 is 0 Å². The van der Waals surface area contributed by atoms with E-state index in [9.17, 15) is 0 Å². The number of benzene rings is 1. The van der Waals surface area contributed by atoms with E-state index >= 15 is 0 Å². The number of aromatic nitrogens is 4. The quantitative estimate of drug-likeness (QED) is 0.750. The van der Waals surface area contributed by atoms with Crippen molar-refractivity contribution in [2.45, 2.75) is 32.4 Å². The van der Waals surface area contributed by atoms with E-state index in [2.05, 4.69) is 56.0 Å². The molecular formula is C19H24N6S. The summed E-state index contributed by atoms with van der Waals surface area (Å²) in [4.78, 5) is 2.47. The Kier molecular flexibility index (Phi) is 4.99. The van der Waals surface area contributed by atoms with Crippen molar-refractivity contribution in [2.24, 2.45) is 7.05 Å². The Morgan fingerprint density at radius 2 is 2.08 bits per heavy atom. The number of piperidine rings is 1. The first-order valence-electron chi connectivity index (χ1n) is 9.04. The van der Waals surface area contributed by atoms with Gasteiger partial charge >= 0.3 is 0 Å². The first-order valence-corrected chi connectivity index (χ1v) is 9.85. The van der Waals surface area contributed by atoms with Gasteiger partial charge in [-0.3, -0.25) is 4.68 Å². The second-order valence-corrected chi connectivity index (χ2v) is 8.02. The highest BCUT2D eigenvalue weighted by Crippen LogP contribution is 2.28. The number of hydrogen-bond acceptors (Lipinski definition) is 6. The fourth-order valence-corrected chi connectivity index (χ4v) is 4.10. The van der Waals surface area contributed by atoms with Crippen molar-refractivity contribution in [3.8, 4) is 10.6 Å². The van der Waals surface area contributed by atoms with Crippen LogP contribution in [0.5, 0.6) is 0 Å². The molecule has 0 spiro atoms. The molecular weight excluding hydrogens is 344 g/mol.